The number of rotatable bonds is 0. The summed E-state index contributed by atoms with van der Waals surface area (Å²) in [5.41, 5.74) is 0. The average molecular weight is 179 g/mol. The predicted molar refractivity (Wildman–Crippen MR) is 2.75 cm³/mol. The van der Waals surface area contributed by atoms with E-state index in [2.05, 4.69) is 0 Å². The van der Waals surface area contributed by atoms with E-state index in [1.165, 1.54) is 0 Å². The van der Waals surface area contributed by atoms with E-state index < -0.39 is 0 Å². The van der Waals surface area contributed by atoms with Gasteiger partial charge in [-0.25, -0.2) is 0 Å². The van der Waals surface area contributed by atoms with Gasteiger partial charge < -0.3 is 21.9 Å². The molecule has 0 aromatic heterocycles. The SMILES string of the molecule is [Co+2].[Fe+2].[O-2].[O-2].[O-2].[O-2]. The van der Waals surface area contributed by atoms with Crippen molar-refractivity contribution in [3.8, 4) is 0 Å². The standard InChI is InChI=1S/Co.Fe.4O/q2*+2;4*-2. The Balaban J connectivity index is 0. The normalized spacial score (nSPS) is 0. The van der Waals surface area contributed by atoms with Crippen LogP contribution in [-0.4, -0.2) is 0 Å². The third-order valence-corrected chi connectivity index (χ3v) is 0. The van der Waals surface area contributed by atoms with Crippen LogP contribution < -0.4 is 0 Å². The number of hydrogen-bond acceptors (Lipinski definition) is 0. The second-order valence-electron chi connectivity index (χ2n) is 0. The van der Waals surface area contributed by atoms with Crippen LogP contribution in [0.2, 0.25) is 0 Å². The van der Waals surface area contributed by atoms with Crippen LogP contribution in [0.4, 0.5) is 0 Å². The van der Waals surface area contributed by atoms with Gasteiger partial charge >= 0.3 is 33.8 Å². The molecule has 0 unspecified atom stereocenters. The van der Waals surface area contributed by atoms with Crippen LogP contribution in [0.15, 0.2) is 0 Å². The predicted octanol–water partition coefficient (Wildman–Crippen LogP) is -0.480. The van der Waals surface area contributed by atoms with E-state index in [-0.39, 0.29) is 55.8 Å². The zero-order valence-corrected chi connectivity index (χ0v) is 4.47. The first-order valence-corrected chi connectivity index (χ1v) is 0. The van der Waals surface area contributed by atoms with Crippen LogP contribution in [0.5, 0.6) is 0 Å². The molecule has 0 rings (SSSR count). The molecule has 0 N–H and O–H groups in total. The van der Waals surface area contributed by atoms with Gasteiger partial charge in [0.2, 0.25) is 0 Å². The maximum absolute atomic E-state index is 0. The third-order valence-electron chi connectivity index (χ3n) is 0. The van der Waals surface area contributed by atoms with Gasteiger partial charge in [-0.2, -0.15) is 0 Å². The Kier molecular flexibility index (Phi) is 9730. The van der Waals surface area contributed by atoms with Gasteiger partial charge in [-0.15, -0.1) is 0 Å². The monoisotopic (exact) mass is 179 g/mol. The van der Waals surface area contributed by atoms with E-state index in [1.54, 1.807) is 0 Å². The minimum absolute atomic E-state index is 0. The van der Waals surface area contributed by atoms with E-state index in [4.69, 9.17) is 0 Å². The van der Waals surface area contributed by atoms with Crippen LogP contribution in [0.1, 0.15) is 0 Å². The molecule has 0 heterocycles. The average Bonchev–Trinajstić information content (AvgIpc) is 0. The first-order chi connectivity index (χ1) is 0. The Bertz CT molecular complexity index is 7.51. The summed E-state index contributed by atoms with van der Waals surface area (Å²) in [5.74, 6) is 0. The third kappa shape index (κ3) is 97.0. The smallest absolute Gasteiger partial charge is 2.00 e. The molecule has 4 nitrogen and oxygen atoms in total. The van der Waals surface area contributed by atoms with Crippen molar-refractivity contribution in [3.05, 3.63) is 0 Å². The molecule has 0 aliphatic heterocycles. The fourth-order valence-corrected chi connectivity index (χ4v) is 0. The molecule has 0 aliphatic carbocycles. The Morgan fingerprint density at radius 2 is 0.500 bits per heavy atom. The zero-order valence-electron chi connectivity index (χ0n) is 2.32. The van der Waals surface area contributed by atoms with Crippen molar-refractivity contribution in [2.24, 2.45) is 0 Å². The molecule has 0 saturated carbocycles. The van der Waals surface area contributed by atoms with Crippen LogP contribution in [-0.2, 0) is 55.8 Å². The maximum Gasteiger partial charge on any atom is 2.00 e. The van der Waals surface area contributed by atoms with Gasteiger partial charge in [-0.3, -0.25) is 0 Å². The first-order valence-electron chi connectivity index (χ1n) is 0. The van der Waals surface area contributed by atoms with Crippen molar-refractivity contribution in [1.29, 1.82) is 0 Å². The molecular formula is CoFeO4-4. The van der Waals surface area contributed by atoms with Crippen LogP contribution in [0, 0.1) is 0 Å². The summed E-state index contributed by atoms with van der Waals surface area (Å²) in [5, 5.41) is 0. The van der Waals surface area contributed by atoms with E-state index in [1.807, 2.05) is 0 Å². The van der Waals surface area contributed by atoms with Crippen LogP contribution >= 0.6 is 0 Å². The molecule has 0 aromatic carbocycles. The van der Waals surface area contributed by atoms with Gasteiger partial charge in [-0.1, -0.05) is 0 Å². The summed E-state index contributed by atoms with van der Waals surface area (Å²) in [6.45, 7) is 0. The maximum atomic E-state index is 0. The van der Waals surface area contributed by atoms with Gasteiger partial charge in [0.25, 0.3) is 0 Å². The minimum atomic E-state index is 0. The summed E-state index contributed by atoms with van der Waals surface area (Å²) in [6, 6.07) is 0. The second kappa shape index (κ2) is 185. The van der Waals surface area contributed by atoms with E-state index in [0.717, 1.165) is 0 Å². The minimum Gasteiger partial charge on any atom is -2.00 e. The van der Waals surface area contributed by atoms with Crippen molar-refractivity contribution < 1.29 is 55.8 Å². The van der Waals surface area contributed by atoms with Crippen molar-refractivity contribution in [1.82, 2.24) is 0 Å². The van der Waals surface area contributed by atoms with E-state index in [0.29, 0.717) is 0 Å². The fourth-order valence-electron chi connectivity index (χ4n) is 0. The van der Waals surface area contributed by atoms with Gasteiger partial charge in [0.1, 0.15) is 0 Å². The first kappa shape index (κ1) is 315. The summed E-state index contributed by atoms with van der Waals surface area (Å²) in [4.78, 5) is 0. The zero-order chi connectivity index (χ0) is 0. The van der Waals surface area contributed by atoms with E-state index in [9.17, 15) is 0 Å². The van der Waals surface area contributed by atoms with Gasteiger partial charge in [0.05, 0.1) is 0 Å². The number of hydrogen-bond donors (Lipinski definition) is 0. The van der Waals surface area contributed by atoms with Crippen LogP contribution in [0.3, 0.4) is 0 Å². The molecule has 45 valence electrons. The molecule has 6 heteroatoms. The van der Waals surface area contributed by atoms with Crippen molar-refractivity contribution >= 4 is 0 Å². The van der Waals surface area contributed by atoms with Crippen molar-refractivity contribution in [2.75, 3.05) is 0 Å². The molecule has 6 heavy (non-hydrogen) atoms. The fraction of sp³-hybridized carbons (Fsp3) is 0. The Labute approximate surface area is 56.2 Å². The molecule has 0 atom stereocenters. The topological polar surface area (TPSA) is 114 Å². The Hall–Kier alpha value is 0.866. The van der Waals surface area contributed by atoms with E-state index >= 15 is 0 Å². The summed E-state index contributed by atoms with van der Waals surface area (Å²) >= 11 is 0. The van der Waals surface area contributed by atoms with Crippen molar-refractivity contribution in [3.63, 3.8) is 0 Å². The summed E-state index contributed by atoms with van der Waals surface area (Å²) in [7, 11) is 0. The molecule has 0 fully saturated rings. The largest absolute Gasteiger partial charge is 2.00 e. The Morgan fingerprint density at radius 3 is 0.500 bits per heavy atom. The Morgan fingerprint density at radius 1 is 0.500 bits per heavy atom. The van der Waals surface area contributed by atoms with Gasteiger partial charge in [0.15, 0.2) is 0 Å². The van der Waals surface area contributed by atoms with Gasteiger partial charge in [-0.05, 0) is 0 Å². The molecular weight excluding hydrogens is 179 g/mol. The molecule has 0 amide bonds. The van der Waals surface area contributed by atoms with Crippen LogP contribution in [0.25, 0.3) is 0 Å². The second-order valence-corrected chi connectivity index (χ2v) is 0. The molecule has 0 aromatic rings. The van der Waals surface area contributed by atoms with Crippen molar-refractivity contribution in [2.45, 2.75) is 0 Å². The van der Waals surface area contributed by atoms with Gasteiger partial charge in [0, 0.05) is 0 Å². The summed E-state index contributed by atoms with van der Waals surface area (Å²) < 4.78 is 0. The summed E-state index contributed by atoms with van der Waals surface area (Å²) in [6.07, 6.45) is 0. The molecule has 1 radical (unpaired) electrons. The molecule has 0 saturated heterocycles. The molecule has 0 aliphatic rings. The molecule has 0 bridgehead atoms. The quantitative estimate of drug-likeness (QED) is 0.446. The molecule has 0 spiro atoms.